The van der Waals surface area contributed by atoms with Gasteiger partial charge in [0.25, 0.3) is 0 Å². The molecule has 0 spiro atoms. The third-order valence-electron chi connectivity index (χ3n) is 2.27. The van der Waals surface area contributed by atoms with Crippen LogP contribution < -0.4 is 11.1 Å². The van der Waals surface area contributed by atoms with Crippen LogP contribution in [0.15, 0.2) is 29.2 Å². The fourth-order valence-electron chi connectivity index (χ4n) is 1.40. The van der Waals surface area contributed by atoms with E-state index in [1.807, 2.05) is 26.1 Å². The van der Waals surface area contributed by atoms with Gasteiger partial charge in [-0.2, -0.15) is 0 Å². The lowest BCUT2D eigenvalue weighted by molar-refractivity contribution is -0.117. The van der Waals surface area contributed by atoms with Crippen LogP contribution in [-0.4, -0.2) is 18.2 Å². The summed E-state index contributed by atoms with van der Waals surface area (Å²) in [6.45, 7) is 2.83. The van der Waals surface area contributed by atoms with Crippen LogP contribution in [0.25, 0.3) is 0 Å². The van der Waals surface area contributed by atoms with Gasteiger partial charge in [-0.15, -0.1) is 11.8 Å². The molecule has 1 rings (SSSR count). The van der Waals surface area contributed by atoms with E-state index >= 15 is 0 Å². The van der Waals surface area contributed by atoms with Crippen molar-refractivity contribution in [2.24, 2.45) is 5.73 Å². The molecular formula is C12H18N2OS. The first-order valence-electron chi connectivity index (χ1n) is 5.37. The molecule has 0 saturated carbocycles. The van der Waals surface area contributed by atoms with E-state index in [0.29, 0.717) is 0 Å². The zero-order valence-electron chi connectivity index (χ0n) is 9.69. The minimum atomic E-state index is -0.244. The summed E-state index contributed by atoms with van der Waals surface area (Å²) in [5.41, 5.74) is 6.54. The average Bonchev–Trinajstić information content (AvgIpc) is 2.28. The molecule has 1 aromatic carbocycles. The summed E-state index contributed by atoms with van der Waals surface area (Å²) in [6.07, 6.45) is 0.762. The molecule has 0 aliphatic heterocycles. The molecule has 88 valence electrons. The average molecular weight is 238 g/mol. The Hall–Kier alpha value is -1.00. The van der Waals surface area contributed by atoms with Crippen molar-refractivity contribution in [2.75, 3.05) is 7.05 Å². The molecule has 3 N–H and O–H groups in total. The van der Waals surface area contributed by atoms with E-state index in [2.05, 4.69) is 17.4 Å². The molecule has 0 fully saturated rings. The minimum absolute atomic E-state index is 0.129. The molecule has 0 aliphatic carbocycles. The number of primary amides is 1. The highest BCUT2D eigenvalue weighted by molar-refractivity contribution is 8.00. The molecule has 0 heterocycles. The molecule has 16 heavy (non-hydrogen) atoms. The van der Waals surface area contributed by atoms with Crippen molar-refractivity contribution in [1.82, 2.24) is 5.32 Å². The number of amides is 1. The first kappa shape index (κ1) is 13.1. The van der Waals surface area contributed by atoms with E-state index in [4.69, 9.17) is 5.73 Å². The summed E-state index contributed by atoms with van der Waals surface area (Å²) in [4.78, 5) is 12.2. The highest BCUT2D eigenvalue weighted by atomic mass is 32.2. The van der Waals surface area contributed by atoms with Crippen LogP contribution in [0.1, 0.15) is 18.9 Å². The monoisotopic (exact) mass is 238 g/mol. The van der Waals surface area contributed by atoms with Crippen LogP contribution >= 0.6 is 11.8 Å². The summed E-state index contributed by atoms with van der Waals surface area (Å²) in [5.74, 6) is -0.244. The third kappa shape index (κ3) is 3.87. The van der Waals surface area contributed by atoms with Gasteiger partial charge >= 0.3 is 0 Å². The molecule has 0 bridgehead atoms. The summed E-state index contributed by atoms with van der Waals surface area (Å²) >= 11 is 1.53. The van der Waals surface area contributed by atoms with Gasteiger partial charge in [0.2, 0.25) is 5.91 Å². The second kappa shape index (κ2) is 6.55. The molecule has 0 saturated heterocycles. The minimum Gasteiger partial charge on any atom is -0.369 e. The van der Waals surface area contributed by atoms with E-state index in [9.17, 15) is 4.79 Å². The Morgan fingerprint density at radius 2 is 2.06 bits per heavy atom. The highest BCUT2D eigenvalue weighted by Crippen LogP contribution is 2.25. The number of hydrogen-bond donors (Lipinski definition) is 2. The first-order chi connectivity index (χ1) is 7.67. The molecule has 0 radical (unpaired) electrons. The van der Waals surface area contributed by atoms with Crippen molar-refractivity contribution in [3.05, 3.63) is 29.8 Å². The highest BCUT2D eigenvalue weighted by Gasteiger charge is 2.13. The Morgan fingerprint density at radius 1 is 1.44 bits per heavy atom. The van der Waals surface area contributed by atoms with Gasteiger partial charge in [0.05, 0.1) is 5.25 Å². The predicted molar refractivity (Wildman–Crippen MR) is 68.3 cm³/mol. The van der Waals surface area contributed by atoms with Crippen LogP contribution in [0.4, 0.5) is 0 Å². The number of benzene rings is 1. The number of carbonyl (C=O) groups excluding carboxylic acids is 1. The Labute approximate surface area is 101 Å². The number of carbonyl (C=O) groups is 1. The topological polar surface area (TPSA) is 55.1 Å². The van der Waals surface area contributed by atoms with E-state index in [1.54, 1.807) is 0 Å². The summed E-state index contributed by atoms with van der Waals surface area (Å²) < 4.78 is 0. The fourth-order valence-corrected chi connectivity index (χ4v) is 2.30. The van der Waals surface area contributed by atoms with E-state index in [-0.39, 0.29) is 11.2 Å². The second-order valence-corrected chi connectivity index (χ2v) is 4.87. The Morgan fingerprint density at radius 3 is 2.50 bits per heavy atom. The maximum atomic E-state index is 11.1. The number of hydrogen-bond acceptors (Lipinski definition) is 3. The standard InChI is InChI=1S/C12H18N2OS/c1-3-11(12(13)15)16-10-6-4-9(5-7-10)8-14-2/h4-7,11,14H,3,8H2,1-2H3,(H2,13,15). The van der Waals surface area contributed by atoms with Gasteiger partial charge in [0, 0.05) is 11.4 Å². The molecule has 3 nitrogen and oxygen atoms in total. The normalized spacial score (nSPS) is 12.4. The smallest absolute Gasteiger partial charge is 0.230 e. The van der Waals surface area contributed by atoms with Gasteiger partial charge in [0.15, 0.2) is 0 Å². The van der Waals surface area contributed by atoms with Crippen molar-refractivity contribution in [2.45, 2.75) is 30.0 Å². The van der Waals surface area contributed by atoms with Crippen molar-refractivity contribution in [3.63, 3.8) is 0 Å². The van der Waals surface area contributed by atoms with Crippen LogP contribution in [0.5, 0.6) is 0 Å². The molecule has 1 atom stereocenters. The summed E-state index contributed by atoms with van der Waals surface area (Å²) in [5, 5.41) is 2.96. The number of thioether (sulfide) groups is 1. The van der Waals surface area contributed by atoms with Crippen molar-refractivity contribution in [1.29, 1.82) is 0 Å². The van der Waals surface area contributed by atoms with Crippen molar-refractivity contribution in [3.8, 4) is 0 Å². The third-order valence-corrected chi connectivity index (χ3v) is 3.67. The molecule has 0 aliphatic rings. The lowest BCUT2D eigenvalue weighted by atomic mass is 10.2. The Bertz CT molecular complexity index is 337. The van der Waals surface area contributed by atoms with E-state index < -0.39 is 0 Å². The maximum Gasteiger partial charge on any atom is 0.230 e. The Kier molecular flexibility index (Phi) is 5.35. The fraction of sp³-hybridized carbons (Fsp3) is 0.417. The molecule has 1 aromatic rings. The Balaban J connectivity index is 2.63. The van der Waals surface area contributed by atoms with Gasteiger partial charge < -0.3 is 11.1 Å². The van der Waals surface area contributed by atoms with E-state index in [0.717, 1.165) is 17.9 Å². The quantitative estimate of drug-likeness (QED) is 0.743. The van der Waals surface area contributed by atoms with Crippen LogP contribution in [-0.2, 0) is 11.3 Å². The lowest BCUT2D eigenvalue weighted by Crippen LogP contribution is -2.24. The van der Waals surface area contributed by atoms with Crippen LogP contribution in [0, 0.1) is 0 Å². The SMILES string of the molecule is CCC(Sc1ccc(CNC)cc1)C(N)=O. The zero-order chi connectivity index (χ0) is 12.0. The lowest BCUT2D eigenvalue weighted by Gasteiger charge is -2.10. The van der Waals surface area contributed by atoms with Gasteiger partial charge in [-0.25, -0.2) is 0 Å². The van der Waals surface area contributed by atoms with Gasteiger partial charge in [-0.3, -0.25) is 4.79 Å². The van der Waals surface area contributed by atoms with Gasteiger partial charge in [-0.1, -0.05) is 19.1 Å². The number of nitrogens with two attached hydrogens (primary N) is 1. The van der Waals surface area contributed by atoms with Gasteiger partial charge in [-0.05, 0) is 31.2 Å². The molecule has 1 amide bonds. The first-order valence-corrected chi connectivity index (χ1v) is 6.24. The second-order valence-electron chi connectivity index (χ2n) is 3.59. The molecular weight excluding hydrogens is 220 g/mol. The number of nitrogens with one attached hydrogen (secondary N) is 1. The molecule has 4 heteroatoms. The van der Waals surface area contributed by atoms with E-state index in [1.165, 1.54) is 17.3 Å². The molecule has 1 unspecified atom stereocenters. The zero-order valence-corrected chi connectivity index (χ0v) is 10.5. The number of rotatable bonds is 6. The van der Waals surface area contributed by atoms with Gasteiger partial charge in [0.1, 0.15) is 0 Å². The maximum absolute atomic E-state index is 11.1. The largest absolute Gasteiger partial charge is 0.369 e. The summed E-state index contributed by atoms with van der Waals surface area (Å²) in [6, 6.07) is 8.19. The van der Waals surface area contributed by atoms with Crippen LogP contribution in [0.2, 0.25) is 0 Å². The predicted octanol–water partition coefficient (Wildman–Crippen LogP) is 1.76. The van der Waals surface area contributed by atoms with Crippen molar-refractivity contribution >= 4 is 17.7 Å². The molecule has 0 aromatic heterocycles. The van der Waals surface area contributed by atoms with Crippen LogP contribution in [0.3, 0.4) is 0 Å². The van der Waals surface area contributed by atoms with Crippen molar-refractivity contribution < 1.29 is 4.79 Å². The summed E-state index contributed by atoms with van der Waals surface area (Å²) in [7, 11) is 1.92.